The Bertz CT molecular complexity index is 404. The van der Waals surface area contributed by atoms with Gasteiger partial charge in [-0.25, -0.2) is 0 Å². The van der Waals surface area contributed by atoms with Gasteiger partial charge in [0.1, 0.15) is 0 Å². The highest BCUT2D eigenvalue weighted by Gasteiger charge is 2.21. The first-order chi connectivity index (χ1) is 9.51. The van der Waals surface area contributed by atoms with E-state index >= 15 is 0 Å². The molecular weight excluding hydrogens is 248 g/mol. The Morgan fingerprint density at radius 2 is 1.95 bits per heavy atom. The van der Waals surface area contributed by atoms with Crippen LogP contribution in [-0.4, -0.2) is 38.3 Å². The fourth-order valence-corrected chi connectivity index (χ4v) is 2.66. The number of methoxy groups -OCH3 is 1. The fraction of sp³-hybridized carbons (Fsp3) is 0.647. The molecule has 1 rings (SSSR count). The van der Waals surface area contributed by atoms with E-state index in [1.54, 1.807) is 7.11 Å². The second-order valence-corrected chi connectivity index (χ2v) is 5.92. The molecule has 2 N–H and O–H groups in total. The highest BCUT2D eigenvalue weighted by molar-refractivity contribution is 5.35. The topological polar surface area (TPSA) is 38.5 Å². The zero-order valence-corrected chi connectivity index (χ0v) is 13.6. The van der Waals surface area contributed by atoms with E-state index in [9.17, 15) is 0 Å². The number of nitrogens with two attached hydrogens (primary N) is 1. The van der Waals surface area contributed by atoms with Gasteiger partial charge in [0.25, 0.3) is 0 Å². The molecule has 0 aromatic heterocycles. The fourth-order valence-electron chi connectivity index (χ4n) is 2.66. The van der Waals surface area contributed by atoms with E-state index in [1.807, 2.05) is 0 Å². The van der Waals surface area contributed by atoms with Gasteiger partial charge in [0, 0.05) is 32.8 Å². The molecule has 0 amide bonds. The summed E-state index contributed by atoms with van der Waals surface area (Å²) in [5.74, 6) is 0.617. The Labute approximate surface area is 124 Å². The highest BCUT2D eigenvalue weighted by atomic mass is 16.5. The summed E-state index contributed by atoms with van der Waals surface area (Å²) in [6, 6.07) is 6.77. The van der Waals surface area contributed by atoms with E-state index < -0.39 is 0 Å². The number of aryl methyl sites for hydroxylation is 1. The van der Waals surface area contributed by atoms with Gasteiger partial charge in [0.15, 0.2) is 0 Å². The third kappa shape index (κ3) is 4.58. The molecule has 1 unspecified atom stereocenters. The number of hydrogen-bond acceptors (Lipinski definition) is 3. The van der Waals surface area contributed by atoms with Crippen LogP contribution in [0.1, 0.15) is 36.6 Å². The summed E-state index contributed by atoms with van der Waals surface area (Å²) in [5, 5.41) is 0. The van der Waals surface area contributed by atoms with Crippen LogP contribution in [0.5, 0.6) is 0 Å². The van der Waals surface area contributed by atoms with Gasteiger partial charge in [-0.1, -0.05) is 32.0 Å². The summed E-state index contributed by atoms with van der Waals surface area (Å²) in [7, 11) is 1.75. The van der Waals surface area contributed by atoms with Crippen LogP contribution < -0.4 is 5.73 Å². The van der Waals surface area contributed by atoms with Crippen molar-refractivity contribution < 1.29 is 4.74 Å². The Morgan fingerprint density at radius 1 is 1.25 bits per heavy atom. The first-order valence-corrected chi connectivity index (χ1v) is 7.50. The van der Waals surface area contributed by atoms with E-state index in [0.717, 1.165) is 19.7 Å². The van der Waals surface area contributed by atoms with E-state index in [1.165, 1.54) is 16.7 Å². The van der Waals surface area contributed by atoms with Crippen molar-refractivity contribution in [3.8, 4) is 0 Å². The molecule has 0 spiro atoms. The molecule has 0 aliphatic carbocycles. The minimum atomic E-state index is 0.271. The van der Waals surface area contributed by atoms with Crippen molar-refractivity contribution in [2.45, 2.75) is 33.7 Å². The summed E-state index contributed by atoms with van der Waals surface area (Å²) < 4.78 is 5.26. The predicted octanol–water partition coefficient (Wildman–Crippen LogP) is 2.91. The molecule has 1 aromatic rings. The third-order valence-corrected chi connectivity index (χ3v) is 3.85. The Balaban J connectivity index is 3.01. The molecule has 0 radical (unpaired) electrons. The van der Waals surface area contributed by atoms with Gasteiger partial charge in [-0.15, -0.1) is 0 Å². The van der Waals surface area contributed by atoms with E-state index in [2.05, 4.69) is 50.8 Å². The molecule has 114 valence electrons. The molecule has 1 aromatic carbocycles. The lowest BCUT2D eigenvalue weighted by Gasteiger charge is -2.33. The first-order valence-electron chi connectivity index (χ1n) is 7.50. The monoisotopic (exact) mass is 278 g/mol. The molecule has 3 heteroatoms. The maximum atomic E-state index is 6.09. The molecule has 3 nitrogen and oxygen atoms in total. The lowest BCUT2D eigenvalue weighted by atomic mass is 9.95. The highest BCUT2D eigenvalue weighted by Crippen LogP contribution is 2.25. The van der Waals surface area contributed by atoms with Crippen molar-refractivity contribution in [1.82, 2.24) is 4.90 Å². The van der Waals surface area contributed by atoms with Crippen molar-refractivity contribution in [2.24, 2.45) is 11.7 Å². The number of hydrogen-bond donors (Lipinski definition) is 1. The molecule has 20 heavy (non-hydrogen) atoms. The molecule has 0 saturated carbocycles. The molecular formula is C17H30N2O. The number of ether oxygens (including phenoxy) is 1. The van der Waals surface area contributed by atoms with E-state index in [-0.39, 0.29) is 6.04 Å². The zero-order chi connectivity index (χ0) is 15.1. The third-order valence-electron chi connectivity index (χ3n) is 3.85. The molecule has 0 heterocycles. The van der Waals surface area contributed by atoms with Crippen molar-refractivity contribution in [3.63, 3.8) is 0 Å². The minimum absolute atomic E-state index is 0.271. The van der Waals surface area contributed by atoms with Crippen LogP contribution in [0, 0.1) is 19.8 Å². The number of rotatable bonds is 8. The van der Waals surface area contributed by atoms with Gasteiger partial charge in [0.2, 0.25) is 0 Å². The van der Waals surface area contributed by atoms with Crippen LogP contribution in [0.25, 0.3) is 0 Å². The summed E-state index contributed by atoms with van der Waals surface area (Å²) in [6.07, 6.45) is 0. The predicted molar refractivity (Wildman–Crippen MR) is 86.0 cm³/mol. The smallest absolute Gasteiger partial charge is 0.0589 e. The van der Waals surface area contributed by atoms with E-state index in [4.69, 9.17) is 10.5 Å². The summed E-state index contributed by atoms with van der Waals surface area (Å²) >= 11 is 0. The Morgan fingerprint density at radius 3 is 2.50 bits per heavy atom. The van der Waals surface area contributed by atoms with Gasteiger partial charge in [-0.05, 0) is 36.5 Å². The standard InChI is InChI=1S/C17H30N2O/c1-13(2)12-19(9-10-20-5)17(11-18)16-8-6-7-14(3)15(16)4/h6-8,13,17H,9-12,18H2,1-5H3. The largest absolute Gasteiger partial charge is 0.383 e. The quantitative estimate of drug-likeness (QED) is 0.794. The van der Waals surface area contributed by atoms with Gasteiger partial charge in [-0.2, -0.15) is 0 Å². The number of benzene rings is 1. The van der Waals surface area contributed by atoms with E-state index in [0.29, 0.717) is 12.5 Å². The molecule has 0 aliphatic heterocycles. The lowest BCUT2D eigenvalue weighted by Crippen LogP contribution is -2.38. The SMILES string of the molecule is COCCN(CC(C)C)C(CN)c1cccc(C)c1C. The molecule has 0 aliphatic rings. The maximum absolute atomic E-state index is 6.09. The van der Waals surface area contributed by atoms with Crippen molar-refractivity contribution in [3.05, 3.63) is 34.9 Å². The summed E-state index contributed by atoms with van der Waals surface area (Å²) in [5.41, 5.74) is 10.1. The van der Waals surface area contributed by atoms with Crippen LogP contribution in [0.15, 0.2) is 18.2 Å². The Kier molecular flexibility index (Phi) is 7.20. The second-order valence-electron chi connectivity index (χ2n) is 5.92. The molecule has 0 fully saturated rings. The van der Waals surface area contributed by atoms with Gasteiger partial charge >= 0.3 is 0 Å². The van der Waals surface area contributed by atoms with Crippen LogP contribution in [0.3, 0.4) is 0 Å². The average molecular weight is 278 g/mol. The van der Waals surface area contributed by atoms with Gasteiger partial charge < -0.3 is 10.5 Å². The second kappa shape index (κ2) is 8.40. The van der Waals surface area contributed by atoms with Crippen molar-refractivity contribution in [2.75, 3.05) is 33.4 Å². The van der Waals surface area contributed by atoms with Crippen molar-refractivity contribution in [1.29, 1.82) is 0 Å². The molecule has 0 saturated heterocycles. The van der Waals surface area contributed by atoms with Gasteiger partial charge in [0.05, 0.1) is 6.61 Å². The summed E-state index contributed by atoms with van der Waals surface area (Å²) in [4.78, 5) is 2.45. The summed E-state index contributed by atoms with van der Waals surface area (Å²) in [6.45, 7) is 12.2. The minimum Gasteiger partial charge on any atom is -0.383 e. The first kappa shape index (κ1) is 17.2. The number of nitrogens with zero attached hydrogens (tertiary/aromatic N) is 1. The Hall–Kier alpha value is -0.900. The normalized spacial score (nSPS) is 13.2. The van der Waals surface area contributed by atoms with Crippen LogP contribution in [-0.2, 0) is 4.74 Å². The van der Waals surface area contributed by atoms with Crippen LogP contribution >= 0.6 is 0 Å². The lowest BCUT2D eigenvalue weighted by molar-refractivity contribution is 0.111. The molecule has 0 bridgehead atoms. The average Bonchev–Trinajstić information content (AvgIpc) is 2.40. The zero-order valence-electron chi connectivity index (χ0n) is 13.6. The molecule has 1 atom stereocenters. The van der Waals surface area contributed by atoms with Crippen LogP contribution in [0.2, 0.25) is 0 Å². The maximum Gasteiger partial charge on any atom is 0.0589 e. The van der Waals surface area contributed by atoms with Gasteiger partial charge in [-0.3, -0.25) is 4.90 Å². The van der Waals surface area contributed by atoms with Crippen LogP contribution in [0.4, 0.5) is 0 Å². The van der Waals surface area contributed by atoms with Crippen molar-refractivity contribution >= 4 is 0 Å².